The molecule has 2 fully saturated rings. The van der Waals surface area contributed by atoms with E-state index in [1.54, 1.807) is 6.07 Å². The van der Waals surface area contributed by atoms with Gasteiger partial charge in [0.1, 0.15) is 5.82 Å². The smallest absolute Gasteiger partial charge is 0.251 e. The largest absolute Gasteiger partial charge is 0.266 e. The third kappa shape index (κ3) is 7.92. The second kappa shape index (κ2) is 13.4. The molecule has 0 radical (unpaired) electrons. The molecule has 0 bridgehead atoms. The van der Waals surface area contributed by atoms with E-state index in [0.717, 1.165) is 55.4 Å². The van der Waals surface area contributed by atoms with Gasteiger partial charge in [0.15, 0.2) is 0 Å². The van der Waals surface area contributed by atoms with Crippen LogP contribution in [0.5, 0.6) is 0 Å². The lowest BCUT2D eigenvalue weighted by molar-refractivity contribution is 0.146. The molecule has 4 heteroatoms. The molecule has 0 heterocycles. The van der Waals surface area contributed by atoms with E-state index < -0.39 is 17.8 Å². The van der Waals surface area contributed by atoms with E-state index in [0.29, 0.717) is 12.3 Å². The van der Waals surface area contributed by atoms with Crippen molar-refractivity contribution in [3.63, 3.8) is 0 Å². The lowest BCUT2D eigenvalue weighted by Gasteiger charge is -2.31. The van der Waals surface area contributed by atoms with Gasteiger partial charge in [-0.25, -0.2) is 13.2 Å². The molecule has 2 aliphatic carbocycles. The van der Waals surface area contributed by atoms with E-state index in [-0.39, 0.29) is 6.67 Å². The van der Waals surface area contributed by atoms with Gasteiger partial charge in [-0.05, 0) is 106 Å². The molecule has 1 aromatic carbocycles. The van der Waals surface area contributed by atoms with Gasteiger partial charge in [-0.15, -0.1) is 0 Å². The molecule has 2 aliphatic rings. The van der Waals surface area contributed by atoms with Crippen molar-refractivity contribution in [2.45, 2.75) is 102 Å². The molecule has 1 aromatic rings. The first-order valence-corrected chi connectivity index (χ1v) is 12.9. The fourth-order valence-corrected chi connectivity index (χ4v) is 5.72. The highest BCUT2D eigenvalue weighted by atomic mass is 19.3. The molecule has 0 unspecified atom stereocenters. The van der Waals surface area contributed by atoms with Crippen LogP contribution in [-0.2, 0) is 0 Å². The van der Waals surface area contributed by atoms with Crippen LogP contribution in [0.2, 0.25) is 0 Å². The van der Waals surface area contributed by atoms with E-state index in [1.165, 1.54) is 63.5 Å². The summed E-state index contributed by atoms with van der Waals surface area (Å²) < 4.78 is 51.5. The Balaban J connectivity index is 1.30. The highest BCUT2D eigenvalue weighted by Gasteiger charge is 2.26. The predicted molar refractivity (Wildman–Crippen MR) is 124 cm³/mol. The van der Waals surface area contributed by atoms with Crippen LogP contribution in [0.15, 0.2) is 30.4 Å². The normalized spacial score (nSPS) is 26.8. The second-order valence-corrected chi connectivity index (χ2v) is 10.1. The van der Waals surface area contributed by atoms with Crippen molar-refractivity contribution in [1.29, 1.82) is 0 Å². The van der Waals surface area contributed by atoms with Crippen molar-refractivity contribution >= 4 is 0 Å². The molecular weight excluding hydrogens is 412 g/mol. The zero-order valence-corrected chi connectivity index (χ0v) is 19.4. The summed E-state index contributed by atoms with van der Waals surface area (Å²) in [6.07, 6.45) is 18.2. The Morgan fingerprint density at radius 1 is 0.844 bits per heavy atom. The van der Waals surface area contributed by atoms with E-state index in [2.05, 4.69) is 12.2 Å². The third-order valence-electron chi connectivity index (χ3n) is 7.87. The van der Waals surface area contributed by atoms with Crippen LogP contribution in [0.1, 0.15) is 113 Å². The maximum atomic E-state index is 13.9. The molecule has 0 aromatic heterocycles. The monoisotopic (exact) mass is 452 g/mol. The standard InChI is InChI=1S/C28H40F4/c29-19-5-3-1-2-4-6-21-7-9-22(10-8-21)11-12-23-13-15-24(16-14-23)25-17-18-26(28(31)32)27(30)20-25/h4,6,17-18,20-24,28H,1-3,5,7-16,19H2. The van der Waals surface area contributed by atoms with Crippen LogP contribution in [0.25, 0.3) is 0 Å². The minimum atomic E-state index is -2.75. The van der Waals surface area contributed by atoms with Crippen molar-refractivity contribution < 1.29 is 17.6 Å². The highest BCUT2D eigenvalue weighted by Crippen LogP contribution is 2.40. The molecule has 180 valence electrons. The van der Waals surface area contributed by atoms with Gasteiger partial charge >= 0.3 is 0 Å². The topological polar surface area (TPSA) is 0 Å². The molecule has 2 saturated carbocycles. The van der Waals surface area contributed by atoms with Gasteiger partial charge in [-0.1, -0.05) is 43.5 Å². The minimum absolute atomic E-state index is 0.188. The zero-order valence-electron chi connectivity index (χ0n) is 19.4. The Morgan fingerprint density at radius 2 is 1.50 bits per heavy atom. The van der Waals surface area contributed by atoms with Crippen molar-refractivity contribution in [2.75, 3.05) is 6.67 Å². The van der Waals surface area contributed by atoms with Crippen LogP contribution in [0.4, 0.5) is 17.6 Å². The lowest BCUT2D eigenvalue weighted by atomic mass is 9.74. The molecule has 0 nitrogen and oxygen atoms in total. The number of hydrogen-bond donors (Lipinski definition) is 0. The molecule has 3 rings (SSSR count). The second-order valence-electron chi connectivity index (χ2n) is 10.1. The summed E-state index contributed by atoms with van der Waals surface area (Å²) in [6, 6.07) is 4.30. The average molecular weight is 453 g/mol. The molecule has 0 spiro atoms. The first kappa shape index (κ1) is 25.3. The number of halogens is 4. The van der Waals surface area contributed by atoms with Gasteiger partial charge in [-0.3, -0.25) is 4.39 Å². The summed E-state index contributed by atoms with van der Waals surface area (Å²) in [5, 5.41) is 0. The molecule has 0 aliphatic heterocycles. The van der Waals surface area contributed by atoms with E-state index >= 15 is 0 Å². The highest BCUT2D eigenvalue weighted by molar-refractivity contribution is 5.28. The Labute approximate surface area is 191 Å². The quantitative estimate of drug-likeness (QED) is 0.178. The minimum Gasteiger partial charge on any atom is -0.251 e. The molecule has 0 saturated heterocycles. The van der Waals surface area contributed by atoms with E-state index in [1.807, 2.05) is 0 Å². The number of rotatable bonds is 11. The Bertz CT molecular complexity index is 683. The van der Waals surface area contributed by atoms with Crippen molar-refractivity contribution in [3.05, 3.63) is 47.3 Å². The molecule has 0 amide bonds. The summed E-state index contributed by atoms with van der Waals surface area (Å²) >= 11 is 0. The third-order valence-corrected chi connectivity index (χ3v) is 7.87. The Hall–Kier alpha value is -1.32. The summed E-state index contributed by atoms with van der Waals surface area (Å²) in [6.45, 7) is -0.188. The summed E-state index contributed by atoms with van der Waals surface area (Å²) in [4.78, 5) is 0. The predicted octanol–water partition coefficient (Wildman–Crippen LogP) is 9.71. The number of benzene rings is 1. The fourth-order valence-electron chi connectivity index (χ4n) is 5.72. The van der Waals surface area contributed by atoms with Crippen LogP contribution >= 0.6 is 0 Å². The maximum Gasteiger partial charge on any atom is 0.266 e. The van der Waals surface area contributed by atoms with E-state index in [4.69, 9.17) is 0 Å². The summed E-state index contributed by atoms with van der Waals surface area (Å²) in [5.74, 6) is 1.91. The first-order chi connectivity index (χ1) is 15.6. The molecule has 0 atom stereocenters. The van der Waals surface area contributed by atoms with E-state index in [9.17, 15) is 17.6 Å². The summed E-state index contributed by atoms with van der Waals surface area (Å²) in [5.41, 5.74) is 0.403. The summed E-state index contributed by atoms with van der Waals surface area (Å²) in [7, 11) is 0. The van der Waals surface area contributed by atoms with Crippen molar-refractivity contribution in [2.24, 2.45) is 17.8 Å². The SMILES string of the molecule is FCCCCCC=CC1CCC(CCC2CCC(c3ccc(C(F)F)c(F)c3)CC2)CC1. The van der Waals surface area contributed by atoms with Gasteiger partial charge < -0.3 is 0 Å². The van der Waals surface area contributed by atoms with Gasteiger partial charge in [0.2, 0.25) is 0 Å². The Kier molecular flexibility index (Phi) is 10.6. The number of alkyl halides is 3. The van der Waals surface area contributed by atoms with Crippen molar-refractivity contribution in [3.8, 4) is 0 Å². The Morgan fingerprint density at radius 3 is 2.09 bits per heavy atom. The van der Waals surface area contributed by atoms with Gasteiger partial charge in [0.25, 0.3) is 6.43 Å². The van der Waals surface area contributed by atoms with Gasteiger partial charge in [0.05, 0.1) is 12.2 Å². The van der Waals surface area contributed by atoms with Crippen molar-refractivity contribution in [1.82, 2.24) is 0 Å². The van der Waals surface area contributed by atoms with Crippen LogP contribution in [-0.4, -0.2) is 6.67 Å². The average Bonchev–Trinajstić information content (AvgIpc) is 2.81. The van der Waals surface area contributed by atoms with Crippen LogP contribution < -0.4 is 0 Å². The van der Waals surface area contributed by atoms with Crippen LogP contribution in [0, 0.1) is 23.6 Å². The maximum absolute atomic E-state index is 13.9. The fraction of sp³-hybridized carbons (Fsp3) is 0.714. The number of hydrogen-bond acceptors (Lipinski definition) is 0. The van der Waals surface area contributed by atoms with Crippen LogP contribution in [0.3, 0.4) is 0 Å². The van der Waals surface area contributed by atoms with Gasteiger partial charge in [0, 0.05) is 0 Å². The number of allylic oxidation sites excluding steroid dienone is 2. The first-order valence-electron chi connectivity index (χ1n) is 12.9. The lowest BCUT2D eigenvalue weighted by Crippen LogP contribution is -2.17. The number of unbranched alkanes of at least 4 members (excludes halogenated alkanes) is 3. The molecular formula is C28H40F4. The zero-order chi connectivity index (χ0) is 22.8. The molecule has 0 N–H and O–H groups in total. The van der Waals surface area contributed by atoms with Gasteiger partial charge in [-0.2, -0.15) is 0 Å². The molecule has 32 heavy (non-hydrogen) atoms.